The molecule has 0 heterocycles. The Morgan fingerprint density at radius 2 is 2.12 bits per heavy atom. The van der Waals surface area contributed by atoms with Gasteiger partial charge in [-0.05, 0) is 18.8 Å². The lowest BCUT2D eigenvalue weighted by molar-refractivity contribution is -0.174. The van der Waals surface area contributed by atoms with E-state index >= 15 is 0 Å². The molecular formula is C10H15BrF3NO2. The summed E-state index contributed by atoms with van der Waals surface area (Å²) < 4.78 is 39.4. The van der Waals surface area contributed by atoms with Crippen LogP contribution in [-0.2, 0) is 9.53 Å². The molecule has 0 aromatic rings. The van der Waals surface area contributed by atoms with Crippen LogP contribution in [0.2, 0.25) is 0 Å². The minimum Gasteiger partial charge on any atom is -0.372 e. The van der Waals surface area contributed by atoms with E-state index in [0.29, 0.717) is 12.5 Å². The predicted octanol–water partition coefficient (Wildman–Crippen LogP) is 2.25. The van der Waals surface area contributed by atoms with E-state index in [4.69, 9.17) is 0 Å². The van der Waals surface area contributed by atoms with E-state index in [0.717, 1.165) is 0 Å². The summed E-state index contributed by atoms with van der Waals surface area (Å²) in [4.78, 5) is 11.5. The van der Waals surface area contributed by atoms with Gasteiger partial charge in [0.15, 0.2) is 0 Å². The van der Waals surface area contributed by atoms with Crippen LogP contribution in [0.1, 0.15) is 19.3 Å². The summed E-state index contributed by atoms with van der Waals surface area (Å²) in [5, 5.41) is 2.65. The smallest absolute Gasteiger partial charge is 0.372 e. The van der Waals surface area contributed by atoms with E-state index in [2.05, 4.69) is 26.0 Å². The maximum atomic E-state index is 11.7. The van der Waals surface area contributed by atoms with Crippen molar-refractivity contribution >= 4 is 21.8 Å². The zero-order valence-corrected chi connectivity index (χ0v) is 10.8. The largest absolute Gasteiger partial charge is 0.411 e. The first kappa shape index (κ1) is 14.8. The number of nitrogens with one attached hydrogen (secondary N) is 1. The van der Waals surface area contributed by atoms with Crippen LogP contribution in [0.25, 0.3) is 0 Å². The Morgan fingerprint density at radius 3 is 2.65 bits per heavy atom. The fourth-order valence-corrected chi connectivity index (χ4v) is 1.97. The van der Waals surface area contributed by atoms with Crippen LogP contribution < -0.4 is 5.32 Å². The lowest BCUT2D eigenvalue weighted by Crippen LogP contribution is -2.31. The Bertz CT molecular complexity index is 256. The van der Waals surface area contributed by atoms with Crippen molar-refractivity contribution in [3.8, 4) is 0 Å². The second-order valence-corrected chi connectivity index (χ2v) is 5.25. The van der Waals surface area contributed by atoms with Crippen molar-refractivity contribution in [1.82, 2.24) is 5.32 Å². The molecule has 7 heteroatoms. The van der Waals surface area contributed by atoms with Gasteiger partial charge in [0.1, 0.15) is 6.61 Å². The summed E-state index contributed by atoms with van der Waals surface area (Å²) in [6, 6.07) is 0. The topological polar surface area (TPSA) is 38.3 Å². The number of halogens is 4. The number of hydrogen-bond acceptors (Lipinski definition) is 2. The first-order chi connectivity index (χ1) is 7.88. The second kappa shape index (κ2) is 6.58. The van der Waals surface area contributed by atoms with E-state index in [9.17, 15) is 18.0 Å². The predicted molar refractivity (Wildman–Crippen MR) is 59.9 cm³/mol. The van der Waals surface area contributed by atoms with Gasteiger partial charge in [0.05, 0.1) is 6.61 Å². The summed E-state index contributed by atoms with van der Waals surface area (Å²) in [5.41, 5.74) is 0. The maximum Gasteiger partial charge on any atom is 0.411 e. The van der Waals surface area contributed by atoms with Crippen LogP contribution >= 0.6 is 15.9 Å². The minimum atomic E-state index is -4.33. The Hall–Kier alpha value is -0.300. The highest BCUT2D eigenvalue weighted by atomic mass is 79.9. The maximum absolute atomic E-state index is 11.7. The lowest BCUT2D eigenvalue weighted by Gasteiger charge is -2.10. The SMILES string of the molecule is O=C(CCOCC(F)(F)F)NCC(Br)C1CC1. The summed E-state index contributed by atoms with van der Waals surface area (Å²) >= 11 is 3.45. The van der Waals surface area contributed by atoms with Crippen molar-refractivity contribution in [2.24, 2.45) is 5.92 Å². The molecule has 3 nitrogen and oxygen atoms in total. The summed E-state index contributed by atoms with van der Waals surface area (Å²) in [6.45, 7) is -0.992. The molecule has 17 heavy (non-hydrogen) atoms. The molecule has 1 rings (SSSR count). The first-order valence-electron chi connectivity index (χ1n) is 5.44. The van der Waals surface area contributed by atoms with E-state index in [1.165, 1.54) is 12.8 Å². The highest BCUT2D eigenvalue weighted by Gasteiger charge is 2.29. The number of rotatable bonds is 7. The van der Waals surface area contributed by atoms with Crippen molar-refractivity contribution in [1.29, 1.82) is 0 Å². The number of amides is 1. The average molecular weight is 318 g/mol. The van der Waals surface area contributed by atoms with Gasteiger partial charge >= 0.3 is 6.18 Å². The summed E-state index contributed by atoms with van der Waals surface area (Å²) in [7, 11) is 0. The average Bonchev–Trinajstić information content (AvgIpc) is 3.03. The zero-order chi connectivity index (χ0) is 12.9. The van der Waals surface area contributed by atoms with Gasteiger partial charge in [0.25, 0.3) is 0 Å². The molecular weight excluding hydrogens is 303 g/mol. The van der Waals surface area contributed by atoms with Crippen molar-refractivity contribution in [2.45, 2.75) is 30.3 Å². The van der Waals surface area contributed by atoms with Gasteiger partial charge < -0.3 is 10.1 Å². The molecule has 1 aliphatic carbocycles. The molecule has 0 spiro atoms. The van der Waals surface area contributed by atoms with Gasteiger partial charge in [0, 0.05) is 17.8 Å². The second-order valence-electron chi connectivity index (χ2n) is 4.08. The molecule has 100 valence electrons. The molecule has 1 aliphatic rings. The van der Waals surface area contributed by atoms with Gasteiger partial charge in [-0.25, -0.2) is 0 Å². The molecule has 1 fully saturated rings. The van der Waals surface area contributed by atoms with E-state index in [1.807, 2.05) is 0 Å². The highest BCUT2D eigenvalue weighted by molar-refractivity contribution is 9.09. The normalized spacial score (nSPS) is 17.9. The van der Waals surface area contributed by atoms with Gasteiger partial charge in [-0.1, -0.05) is 15.9 Å². The third kappa shape index (κ3) is 7.59. The molecule has 0 radical (unpaired) electrons. The Kier molecular flexibility index (Phi) is 5.72. The Balaban J connectivity index is 1.97. The number of carbonyl (C=O) groups is 1. The van der Waals surface area contributed by atoms with Crippen molar-refractivity contribution in [2.75, 3.05) is 19.8 Å². The fraction of sp³-hybridized carbons (Fsp3) is 0.900. The zero-order valence-electron chi connectivity index (χ0n) is 9.23. The van der Waals surface area contributed by atoms with Crippen LogP contribution in [0, 0.1) is 5.92 Å². The van der Waals surface area contributed by atoms with Crippen LogP contribution in [0.5, 0.6) is 0 Å². The lowest BCUT2D eigenvalue weighted by atomic mass is 10.3. The van der Waals surface area contributed by atoms with Crippen molar-refractivity contribution in [3.05, 3.63) is 0 Å². The Labute approximate surface area is 106 Å². The van der Waals surface area contributed by atoms with Gasteiger partial charge in [-0.3, -0.25) is 4.79 Å². The van der Waals surface area contributed by atoms with Gasteiger partial charge in [-0.2, -0.15) is 13.2 Å². The van der Waals surface area contributed by atoms with E-state index in [1.54, 1.807) is 0 Å². The van der Waals surface area contributed by atoms with Gasteiger partial charge in [0.2, 0.25) is 5.91 Å². The molecule has 1 atom stereocenters. The molecule has 0 bridgehead atoms. The van der Waals surface area contributed by atoms with Crippen LogP contribution in [-0.4, -0.2) is 36.7 Å². The molecule has 1 unspecified atom stereocenters. The number of ether oxygens (including phenoxy) is 1. The standard InChI is InChI=1S/C10H15BrF3NO2/c11-8(7-1-2-7)5-15-9(16)3-4-17-6-10(12,13)14/h7-8H,1-6H2,(H,15,16). The minimum absolute atomic E-state index is 0.0412. The molecule has 0 aromatic heterocycles. The third-order valence-electron chi connectivity index (χ3n) is 2.37. The van der Waals surface area contributed by atoms with Crippen molar-refractivity contribution < 1.29 is 22.7 Å². The molecule has 1 amide bonds. The molecule has 1 saturated carbocycles. The van der Waals surface area contributed by atoms with E-state index < -0.39 is 12.8 Å². The van der Waals surface area contributed by atoms with Crippen molar-refractivity contribution in [3.63, 3.8) is 0 Å². The Morgan fingerprint density at radius 1 is 1.47 bits per heavy atom. The summed E-state index contributed by atoms with van der Waals surface area (Å²) in [6.07, 6.45) is -2.04. The monoisotopic (exact) mass is 317 g/mol. The summed E-state index contributed by atoms with van der Waals surface area (Å²) in [5.74, 6) is 0.342. The number of alkyl halides is 4. The highest BCUT2D eigenvalue weighted by Crippen LogP contribution is 2.36. The third-order valence-corrected chi connectivity index (χ3v) is 3.44. The number of hydrogen-bond donors (Lipinski definition) is 1. The van der Waals surface area contributed by atoms with Gasteiger partial charge in [-0.15, -0.1) is 0 Å². The van der Waals surface area contributed by atoms with Crippen LogP contribution in [0.15, 0.2) is 0 Å². The van der Waals surface area contributed by atoms with Crippen LogP contribution in [0.4, 0.5) is 13.2 Å². The number of carbonyl (C=O) groups excluding carboxylic acids is 1. The molecule has 1 N–H and O–H groups in total. The fourth-order valence-electron chi connectivity index (χ4n) is 1.28. The van der Waals surface area contributed by atoms with E-state index in [-0.39, 0.29) is 23.8 Å². The molecule has 0 saturated heterocycles. The first-order valence-corrected chi connectivity index (χ1v) is 6.35. The molecule has 0 aromatic carbocycles. The van der Waals surface area contributed by atoms with Crippen LogP contribution in [0.3, 0.4) is 0 Å². The quantitative estimate of drug-likeness (QED) is 0.577. The molecule has 0 aliphatic heterocycles.